The van der Waals surface area contributed by atoms with Crippen molar-refractivity contribution in [2.75, 3.05) is 0 Å². The summed E-state index contributed by atoms with van der Waals surface area (Å²) >= 11 is 1.45. The van der Waals surface area contributed by atoms with Gasteiger partial charge in [-0.25, -0.2) is 4.99 Å². The Balaban J connectivity index is 1.35. The lowest BCUT2D eigenvalue weighted by molar-refractivity contribution is -0.124. The third-order valence-electron chi connectivity index (χ3n) is 6.93. The van der Waals surface area contributed by atoms with E-state index < -0.39 is 0 Å². The predicted molar refractivity (Wildman–Crippen MR) is 149 cm³/mol. The normalized spacial score (nSPS) is 21.8. The standard InChI is InChI=1S/C31H29N3O2S/c1-22-9-5-8-14-28(22)34-30(35)29(37-31(34)33-26-12-3-2-4-13-26)19-23-15-17-27(18-16-23)36-21-25-11-7-6-10-24(25)20-32/h2-4,6-7,10-13,15-19,22,28H,5,8-9,14,21H2,1H3/b29-19-,33-31?/t22-,28+/m1/s1. The molecule has 1 aliphatic heterocycles. The third kappa shape index (κ3) is 5.79. The molecule has 2 aliphatic rings. The van der Waals surface area contributed by atoms with Crippen molar-refractivity contribution in [2.24, 2.45) is 10.9 Å². The molecule has 0 bridgehead atoms. The fraction of sp³-hybridized carbons (Fsp3) is 0.258. The molecule has 1 saturated carbocycles. The van der Waals surface area contributed by atoms with E-state index in [4.69, 9.17) is 9.73 Å². The van der Waals surface area contributed by atoms with Crippen LogP contribution in [-0.4, -0.2) is 22.0 Å². The monoisotopic (exact) mass is 507 g/mol. The van der Waals surface area contributed by atoms with Gasteiger partial charge < -0.3 is 4.74 Å². The first kappa shape index (κ1) is 24.9. The second kappa shape index (κ2) is 11.5. The number of carbonyl (C=O) groups is 1. The van der Waals surface area contributed by atoms with E-state index in [0.717, 1.165) is 41.2 Å². The van der Waals surface area contributed by atoms with Gasteiger partial charge in [0.15, 0.2) is 5.17 Å². The largest absolute Gasteiger partial charge is 0.489 e. The molecule has 1 amide bonds. The van der Waals surface area contributed by atoms with Crippen LogP contribution in [0, 0.1) is 17.2 Å². The molecule has 1 aliphatic carbocycles. The fourth-order valence-electron chi connectivity index (χ4n) is 4.88. The number of carbonyl (C=O) groups excluding carboxylic acids is 1. The van der Waals surface area contributed by atoms with Crippen LogP contribution < -0.4 is 4.74 Å². The number of benzene rings is 3. The van der Waals surface area contributed by atoms with E-state index in [1.165, 1.54) is 18.2 Å². The lowest BCUT2D eigenvalue weighted by Crippen LogP contribution is -2.44. The highest BCUT2D eigenvalue weighted by Crippen LogP contribution is 2.40. The van der Waals surface area contributed by atoms with E-state index in [9.17, 15) is 10.1 Å². The van der Waals surface area contributed by atoms with Gasteiger partial charge >= 0.3 is 0 Å². The molecule has 1 heterocycles. The van der Waals surface area contributed by atoms with Crippen molar-refractivity contribution in [1.29, 1.82) is 5.26 Å². The number of hydrogen-bond acceptors (Lipinski definition) is 5. The van der Waals surface area contributed by atoms with Crippen molar-refractivity contribution in [2.45, 2.75) is 45.3 Å². The van der Waals surface area contributed by atoms with Crippen molar-refractivity contribution in [3.05, 3.63) is 100 Å². The summed E-state index contributed by atoms with van der Waals surface area (Å²) in [4.78, 5) is 21.1. The maximum atomic E-state index is 13.6. The van der Waals surface area contributed by atoms with Gasteiger partial charge in [0.25, 0.3) is 5.91 Å². The Labute approximate surface area is 222 Å². The zero-order chi connectivity index (χ0) is 25.6. The SMILES string of the molecule is C[C@@H]1CCCC[C@@H]1N1C(=O)/C(=C/c2ccc(OCc3ccccc3C#N)cc2)SC1=Nc1ccccc1. The summed E-state index contributed by atoms with van der Waals surface area (Å²) in [7, 11) is 0. The zero-order valence-corrected chi connectivity index (χ0v) is 21.7. The number of rotatable bonds is 6. The average Bonchev–Trinajstić information content (AvgIpc) is 3.23. The van der Waals surface area contributed by atoms with Crippen molar-refractivity contribution in [3.8, 4) is 11.8 Å². The first-order chi connectivity index (χ1) is 18.1. The van der Waals surface area contributed by atoms with Crippen LogP contribution >= 0.6 is 11.8 Å². The quantitative estimate of drug-likeness (QED) is 0.328. The molecule has 5 rings (SSSR count). The van der Waals surface area contributed by atoms with Gasteiger partial charge in [-0.2, -0.15) is 5.26 Å². The second-order valence-electron chi connectivity index (χ2n) is 9.47. The number of nitrogens with zero attached hydrogens (tertiary/aromatic N) is 3. The summed E-state index contributed by atoms with van der Waals surface area (Å²) in [5.41, 5.74) is 3.25. The molecule has 3 aromatic carbocycles. The van der Waals surface area contributed by atoms with Crippen LogP contribution in [0.3, 0.4) is 0 Å². The minimum atomic E-state index is 0.0341. The van der Waals surface area contributed by atoms with E-state index in [1.807, 2.05) is 83.8 Å². The molecule has 3 aromatic rings. The summed E-state index contributed by atoms with van der Waals surface area (Å²) < 4.78 is 5.90. The van der Waals surface area contributed by atoms with Crippen LogP contribution in [0.2, 0.25) is 0 Å². The Morgan fingerprint density at radius 2 is 1.76 bits per heavy atom. The van der Waals surface area contributed by atoms with Crippen LogP contribution in [0.25, 0.3) is 6.08 Å². The molecule has 0 radical (unpaired) electrons. The van der Waals surface area contributed by atoms with Gasteiger partial charge in [0, 0.05) is 11.6 Å². The summed E-state index contributed by atoms with van der Waals surface area (Å²) in [6.07, 6.45) is 6.45. The number of ether oxygens (including phenoxy) is 1. The van der Waals surface area contributed by atoms with Crippen LogP contribution in [-0.2, 0) is 11.4 Å². The number of aliphatic imine (C=N–C) groups is 1. The molecule has 186 valence electrons. The molecule has 0 aromatic heterocycles. The molecular formula is C31H29N3O2S. The highest BCUT2D eigenvalue weighted by molar-refractivity contribution is 8.18. The number of para-hydroxylation sites is 1. The first-order valence-electron chi connectivity index (χ1n) is 12.7. The minimum Gasteiger partial charge on any atom is -0.489 e. The predicted octanol–water partition coefficient (Wildman–Crippen LogP) is 7.32. The number of thioether (sulfide) groups is 1. The van der Waals surface area contributed by atoms with Gasteiger partial charge in [-0.1, -0.05) is 68.3 Å². The maximum absolute atomic E-state index is 13.6. The molecular weight excluding hydrogens is 478 g/mol. The van der Waals surface area contributed by atoms with Crippen LogP contribution in [0.15, 0.2) is 88.8 Å². The van der Waals surface area contributed by atoms with Crippen LogP contribution in [0.5, 0.6) is 5.75 Å². The number of hydrogen-bond donors (Lipinski definition) is 0. The highest BCUT2D eigenvalue weighted by Gasteiger charge is 2.41. The topological polar surface area (TPSA) is 65.7 Å². The lowest BCUT2D eigenvalue weighted by Gasteiger charge is -2.35. The number of amidine groups is 1. The van der Waals surface area contributed by atoms with E-state index in [1.54, 1.807) is 6.07 Å². The lowest BCUT2D eigenvalue weighted by atomic mass is 9.85. The van der Waals surface area contributed by atoms with Crippen molar-refractivity contribution in [1.82, 2.24) is 4.90 Å². The zero-order valence-electron chi connectivity index (χ0n) is 20.8. The van der Waals surface area contributed by atoms with Crippen molar-refractivity contribution in [3.63, 3.8) is 0 Å². The summed E-state index contributed by atoms with van der Waals surface area (Å²) in [5, 5.41) is 10.0. The smallest absolute Gasteiger partial charge is 0.267 e. The van der Waals surface area contributed by atoms with E-state index in [-0.39, 0.29) is 11.9 Å². The minimum absolute atomic E-state index is 0.0341. The van der Waals surface area contributed by atoms with Gasteiger partial charge in [-0.3, -0.25) is 9.69 Å². The average molecular weight is 508 g/mol. The van der Waals surface area contributed by atoms with Gasteiger partial charge in [0.1, 0.15) is 12.4 Å². The van der Waals surface area contributed by atoms with Crippen molar-refractivity contribution >= 4 is 34.6 Å². The molecule has 0 N–H and O–H groups in total. The van der Waals surface area contributed by atoms with Crippen molar-refractivity contribution < 1.29 is 9.53 Å². The van der Waals surface area contributed by atoms with Crippen LogP contribution in [0.4, 0.5) is 5.69 Å². The Morgan fingerprint density at radius 3 is 2.51 bits per heavy atom. The Kier molecular flexibility index (Phi) is 7.72. The highest BCUT2D eigenvalue weighted by atomic mass is 32.2. The van der Waals surface area contributed by atoms with Gasteiger partial charge in [0.05, 0.1) is 22.2 Å². The Bertz CT molecular complexity index is 1360. The van der Waals surface area contributed by atoms with Gasteiger partial charge in [-0.05, 0) is 72.5 Å². The van der Waals surface area contributed by atoms with E-state index >= 15 is 0 Å². The first-order valence-corrected chi connectivity index (χ1v) is 13.5. The second-order valence-corrected chi connectivity index (χ2v) is 10.5. The molecule has 0 spiro atoms. The molecule has 2 fully saturated rings. The summed E-state index contributed by atoms with van der Waals surface area (Å²) in [6.45, 7) is 2.57. The van der Waals surface area contributed by atoms with Crippen LogP contribution in [0.1, 0.15) is 49.3 Å². The van der Waals surface area contributed by atoms with E-state index in [0.29, 0.717) is 28.7 Å². The van der Waals surface area contributed by atoms with E-state index in [2.05, 4.69) is 13.0 Å². The molecule has 1 saturated heterocycles. The molecule has 5 nitrogen and oxygen atoms in total. The molecule has 6 heteroatoms. The van der Waals surface area contributed by atoms with Gasteiger partial charge in [0.2, 0.25) is 0 Å². The fourth-order valence-corrected chi connectivity index (χ4v) is 5.92. The third-order valence-corrected chi connectivity index (χ3v) is 7.91. The molecule has 37 heavy (non-hydrogen) atoms. The Morgan fingerprint density at radius 1 is 1.03 bits per heavy atom. The summed E-state index contributed by atoms with van der Waals surface area (Å²) in [5.74, 6) is 1.19. The summed E-state index contributed by atoms with van der Waals surface area (Å²) in [6, 6.07) is 27.3. The molecule has 0 unspecified atom stereocenters. The Hall–Kier alpha value is -3.82. The number of nitriles is 1. The molecule has 2 atom stereocenters. The van der Waals surface area contributed by atoms with Gasteiger partial charge in [-0.15, -0.1) is 0 Å². The number of amides is 1. The maximum Gasteiger partial charge on any atom is 0.267 e.